The number of fused-ring (bicyclic) bond motifs is 2. The zero-order valence-corrected chi connectivity index (χ0v) is 12.5. The molecule has 0 saturated heterocycles. The van der Waals surface area contributed by atoms with Crippen molar-refractivity contribution < 1.29 is 0 Å². The lowest BCUT2D eigenvalue weighted by molar-refractivity contribution is 0.682. The molecule has 1 aromatic carbocycles. The van der Waals surface area contributed by atoms with Crippen LogP contribution in [0.4, 0.5) is 5.82 Å². The summed E-state index contributed by atoms with van der Waals surface area (Å²) in [4.78, 5) is 0. The molecule has 0 radical (unpaired) electrons. The maximum absolute atomic E-state index is 4.36. The Bertz CT molecular complexity index is 809. The fourth-order valence-electron chi connectivity index (χ4n) is 3.05. The second-order valence-electron chi connectivity index (χ2n) is 5.85. The van der Waals surface area contributed by atoms with Crippen molar-refractivity contribution in [3.63, 3.8) is 0 Å². The third kappa shape index (κ3) is 2.41. The zero-order chi connectivity index (χ0) is 14.9. The van der Waals surface area contributed by atoms with Gasteiger partial charge in [0.1, 0.15) is 5.82 Å². The number of rotatable bonds is 3. The minimum atomic E-state index is 0.189. The Morgan fingerprint density at radius 2 is 1.95 bits per heavy atom. The van der Waals surface area contributed by atoms with E-state index in [0.717, 1.165) is 5.82 Å². The van der Waals surface area contributed by atoms with Gasteiger partial charge in [0.05, 0.1) is 6.04 Å². The van der Waals surface area contributed by atoms with E-state index in [4.69, 9.17) is 0 Å². The van der Waals surface area contributed by atoms with E-state index in [-0.39, 0.29) is 6.04 Å². The summed E-state index contributed by atoms with van der Waals surface area (Å²) in [6.07, 6.45) is 5.03. The van der Waals surface area contributed by atoms with E-state index >= 15 is 0 Å². The highest BCUT2D eigenvalue weighted by Gasteiger charge is 2.13. The van der Waals surface area contributed by atoms with Crippen LogP contribution >= 0.6 is 0 Å². The van der Waals surface area contributed by atoms with Crippen LogP contribution in [0.5, 0.6) is 0 Å². The molecule has 0 aliphatic heterocycles. The maximum Gasteiger partial charge on any atom is 0.200 e. The standard InChI is InChI=1S/C16H18N6/c1-11(13-7-6-12-4-2-3-5-14(12)10-13)17-15-8-9-16-18-20-21-22(16)19-15/h6-11H,2-5H2,1H3,(H,17,19). The number of hydrogen-bond donors (Lipinski definition) is 1. The number of aromatic nitrogens is 5. The average molecular weight is 294 g/mol. The Labute approximate surface area is 128 Å². The molecule has 2 heterocycles. The summed E-state index contributed by atoms with van der Waals surface area (Å²) in [6.45, 7) is 2.15. The van der Waals surface area contributed by atoms with E-state index in [1.165, 1.54) is 47.0 Å². The van der Waals surface area contributed by atoms with E-state index < -0.39 is 0 Å². The van der Waals surface area contributed by atoms with E-state index in [2.05, 4.69) is 51.1 Å². The first-order valence-electron chi connectivity index (χ1n) is 7.73. The minimum Gasteiger partial charge on any atom is -0.362 e. The van der Waals surface area contributed by atoms with Gasteiger partial charge in [-0.15, -0.1) is 14.8 Å². The molecule has 0 amide bonds. The molecular formula is C16H18N6. The summed E-state index contributed by atoms with van der Waals surface area (Å²) < 4.78 is 1.43. The lowest BCUT2D eigenvalue weighted by Crippen LogP contribution is -2.11. The van der Waals surface area contributed by atoms with Crippen LogP contribution in [0.3, 0.4) is 0 Å². The van der Waals surface area contributed by atoms with Gasteiger partial charge >= 0.3 is 0 Å². The number of nitrogens with one attached hydrogen (secondary N) is 1. The first kappa shape index (κ1) is 13.2. The highest BCUT2D eigenvalue weighted by atomic mass is 15.6. The first-order valence-corrected chi connectivity index (χ1v) is 7.73. The average Bonchev–Trinajstić information content (AvgIpc) is 3.02. The van der Waals surface area contributed by atoms with E-state index in [1.807, 2.05) is 12.1 Å². The fourth-order valence-corrected chi connectivity index (χ4v) is 3.05. The lowest BCUT2D eigenvalue weighted by atomic mass is 9.89. The van der Waals surface area contributed by atoms with Crippen LogP contribution in [0, 0.1) is 0 Å². The number of benzene rings is 1. The van der Waals surface area contributed by atoms with Crippen LogP contribution in [0.2, 0.25) is 0 Å². The van der Waals surface area contributed by atoms with Crippen LogP contribution in [0.25, 0.3) is 5.65 Å². The van der Waals surface area contributed by atoms with Crippen LogP contribution < -0.4 is 5.32 Å². The molecule has 1 N–H and O–H groups in total. The van der Waals surface area contributed by atoms with Gasteiger partial charge in [-0.3, -0.25) is 0 Å². The number of nitrogens with zero attached hydrogens (tertiary/aromatic N) is 5. The highest BCUT2D eigenvalue weighted by Crippen LogP contribution is 2.26. The molecule has 4 rings (SSSR count). The molecule has 0 fully saturated rings. The van der Waals surface area contributed by atoms with Crippen molar-refractivity contribution in [1.82, 2.24) is 25.3 Å². The summed E-state index contributed by atoms with van der Waals surface area (Å²) >= 11 is 0. The van der Waals surface area contributed by atoms with Gasteiger partial charge in [-0.25, -0.2) is 0 Å². The molecule has 1 atom stereocenters. The topological polar surface area (TPSA) is 68.0 Å². The maximum atomic E-state index is 4.36. The van der Waals surface area contributed by atoms with Gasteiger partial charge in [0, 0.05) is 0 Å². The molecule has 0 spiro atoms. The van der Waals surface area contributed by atoms with Crippen LogP contribution in [-0.4, -0.2) is 25.3 Å². The van der Waals surface area contributed by atoms with Gasteiger partial charge in [-0.1, -0.05) is 18.2 Å². The van der Waals surface area contributed by atoms with Gasteiger partial charge < -0.3 is 5.32 Å². The Morgan fingerprint density at radius 1 is 1.09 bits per heavy atom. The number of tetrazole rings is 1. The van der Waals surface area contributed by atoms with Gasteiger partial charge in [-0.2, -0.15) is 0 Å². The second-order valence-corrected chi connectivity index (χ2v) is 5.85. The molecule has 112 valence electrons. The van der Waals surface area contributed by atoms with Crippen LogP contribution in [0.15, 0.2) is 30.3 Å². The molecule has 0 bridgehead atoms. The fraction of sp³-hybridized carbons (Fsp3) is 0.375. The highest BCUT2D eigenvalue weighted by molar-refractivity contribution is 5.44. The zero-order valence-electron chi connectivity index (χ0n) is 12.5. The van der Waals surface area contributed by atoms with E-state index in [9.17, 15) is 0 Å². The smallest absolute Gasteiger partial charge is 0.200 e. The molecule has 2 aromatic heterocycles. The van der Waals surface area contributed by atoms with Crippen LogP contribution in [0.1, 0.15) is 42.5 Å². The van der Waals surface area contributed by atoms with Crippen molar-refractivity contribution in [2.75, 3.05) is 5.32 Å². The van der Waals surface area contributed by atoms with Gasteiger partial charge in [0.25, 0.3) is 0 Å². The van der Waals surface area contributed by atoms with Gasteiger partial charge in [-0.05, 0) is 71.9 Å². The van der Waals surface area contributed by atoms with Crippen molar-refractivity contribution in [1.29, 1.82) is 0 Å². The van der Waals surface area contributed by atoms with Crippen molar-refractivity contribution in [2.24, 2.45) is 0 Å². The lowest BCUT2D eigenvalue weighted by Gasteiger charge is -2.20. The quantitative estimate of drug-likeness (QED) is 0.804. The summed E-state index contributed by atoms with van der Waals surface area (Å²) in [6, 6.07) is 10.8. The Morgan fingerprint density at radius 3 is 2.86 bits per heavy atom. The second kappa shape index (κ2) is 5.36. The summed E-state index contributed by atoms with van der Waals surface area (Å²) in [5, 5.41) is 19.1. The number of hydrogen-bond acceptors (Lipinski definition) is 5. The third-order valence-electron chi connectivity index (χ3n) is 4.31. The predicted molar refractivity (Wildman–Crippen MR) is 83.7 cm³/mol. The molecule has 1 unspecified atom stereocenters. The predicted octanol–water partition coefficient (Wildman–Crippen LogP) is 2.57. The van der Waals surface area contributed by atoms with Gasteiger partial charge in [0.2, 0.25) is 0 Å². The SMILES string of the molecule is CC(Nc1ccc2nnnn2n1)c1ccc2c(c1)CCCC2. The third-order valence-corrected chi connectivity index (χ3v) is 4.31. The Hall–Kier alpha value is -2.50. The molecule has 6 heteroatoms. The molecular weight excluding hydrogens is 276 g/mol. The summed E-state index contributed by atoms with van der Waals surface area (Å²) in [5.41, 5.74) is 4.95. The monoisotopic (exact) mass is 294 g/mol. The van der Waals surface area contributed by atoms with Crippen molar-refractivity contribution in [3.05, 3.63) is 47.0 Å². The summed E-state index contributed by atoms with van der Waals surface area (Å²) in [7, 11) is 0. The molecule has 1 aliphatic carbocycles. The summed E-state index contributed by atoms with van der Waals surface area (Å²) in [5.74, 6) is 0.769. The number of aryl methyl sites for hydroxylation is 2. The van der Waals surface area contributed by atoms with Crippen molar-refractivity contribution in [3.8, 4) is 0 Å². The van der Waals surface area contributed by atoms with Crippen molar-refractivity contribution >= 4 is 11.5 Å². The number of anilines is 1. The van der Waals surface area contributed by atoms with E-state index in [1.54, 1.807) is 0 Å². The molecule has 3 aromatic rings. The van der Waals surface area contributed by atoms with Crippen molar-refractivity contribution in [2.45, 2.75) is 38.6 Å². The molecule has 1 aliphatic rings. The van der Waals surface area contributed by atoms with E-state index in [0.29, 0.717) is 5.65 Å². The Kier molecular flexibility index (Phi) is 3.21. The normalized spacial score (nSPS) is 15.5. The molecule has 0 saturated carbocycles. The molecule has 6 nitrogen and oxygen atoms in total. The Balaban J connectivity index is 1.57. The minimum absolute atomic E-state index is 0.189. The first-order chi connectivity index (χ1) is 10.8. The molecule has 22 heavy (non-hydrogen) atoms. The largest absolute Gasteiger partial charge is 0.362 e. The van der Waals surface area contributed by atoms with Gasteiger partial charge in [0.15, 0.2) is 5.65 Å². The van der Waals surface area contributed by atoms with Crippen LogP contribution in [-0.2, 0) is 12.8 Å².